The molecule has 31 heavy (non-hydrogen) atoms. The van der Waals surface area contributed by atoms with E-state index in [1.54, 1.807) is 19.1 Å². The number of benzene rings is 3. The molecule has 1 aliphatic rings. The van der Waals surface area contributed by atoms with Gasteiger partial charge in [-0.1, -0.05) is 42.5 Å². The van der Waals surface area contributed by atoms with E-state index in [1.165, 1.54) is 18.2 Å². The van der Waals surface area contributed by atoms with Gasteiger partial charge in [-0.15, -0.1) is 0 Å². The van der Waals surface area contributed by atoms with Crippen LogP contribution in [0.5, 0.6) is 0 Å². The summed E-state index contributed by atoms with van der Waals surface area (Å²) in [5, 5.41) is 3.02. The zero-order valence-electron chi connectivity index (χ0n) is 17.5. The lowest BCUT2D eigenvalue weighted by Gasteiger charge is -2.37. The molecule has 1 fully saturated rings. The number of halogens is 2. The fourth-order valence-corrected chi connectivity index (χ4v) is 4.29. The molecule has 2 atom stereocenters. The molecule has 1 aliphatic heterocycles. The molecule has 0 radical (unpaired) electrons. The highest BCUT2D eigenvalue weighted by molar-refractivity contribution is 5.92. The van der Waals surface area contributed by atoms with Crippen molar-refractivity contribution in [2.75, 3.05) is 18.4 Å². The van der Waals surface area contributed by atoms with Gasteiger partial charge in [-0.25, -0.2) is 8.78 Å². The molecule has 1 N–H and O–H groups in total. The fourth-order valence-electron chi connectivity index (χ4n) is 4.29. The third-order valence-corrected chi connectivity index (χ3v) is 5.91. The Hall–Kier alpha value is -3.05. The summed E-state index contributed by atoms with van der Waals surface area (Å²) in [6, 6.07) is 21.1. The first-order valence-corrected chi connectivity index (χ1v) is 10.6. The third-order valence-electron chi connectivity index (χ3n) is 5.91. The number of hydrogen-bond acceptors (Lipinski definition) is 2. The Kier molecular flexibility index (Phi) is 6.42. The van der Waals surface area contributed by atoms with Gasteiger partial charge in [0.1, 0.15) is 11.6 Å². The summed E-state index contributed by atoms with van der Waals surface area (Å²) in [5.41, 5.74) is 3.43. The summed E-state index contributed by atoms with van der Waals surface area (Å²) in [6.07, 6.45) is 0.698. The van der Waals surface area contributed by atoms with E-state index in [0.717, 1.165) is 23.4 Å². The number of carbonyl (C=O) groups is 1. The van der Waals surface area contributed by atoms with Crippen molar-refractivity contribution in [2.45, 2.75) is 25.8 Å². The lowest BCUT2D eigenvalue weighted by molar-refractivity contribution is -0.121. The molecule has 3 nitrogen and oxygen atoms in total. The van der Waals surface area contributed by atoms with Crippen molar-refractivity contribution in [3.05, 3.63) is 101 Å². The summed E-state index contributed by atoms with van der Waals surface area (Å²) >= 11 is 0. The van der Waals surface area contributed by atoms with Gasteiger partial charge in [-0.3, -0.25) is 9.69 Å². The molecule has 4 rings (SSSR count). The summed E-state index contributed by atoms with van der Waals surface area (Å²) in [5.74, 6) is -0.591. The molecule has 0 aromatic heterocycles. The average Bonchev–Trinajstić information content (AvgIpc) is 2.78. The number of anilines is 1. The molecule has 2 unspecified atom stereocenters. The van der Waals surface area contributed by atoms with Crippen LogP contribution in [0.3, 0.4) is 0 Å². The van der Waals surface area contributed by atoms with Crippen molar-refractivity contribution in [3.8, 4) is 0 Å². The van der Waals surface area contributed by atoms with Crippen molar-refractivity contribution in [2.24, 2.45) is 5.92 Å². The van der Waals surface area contributed by atoms with Crippen molar-refractivity contribution in [1.29, 1.82) is 0 Å². The maximum Gasteiger partial charge on any atom is 0.228 e. The minimum atomic E-state index is -0.262. The van der Waals surface area contributed by atoms with Crippen LogP contribution >= 0.6 is 0 Å². The number of likely N-dealkylation sites (tertiary alicyclic amines) is 1. The van der Waals surface area contributed by atoms with E-state index in [9.17, 15) is 13.6 Å². The minimum absolute atomic E-state index is 0.0150. The topological polar surface area (TPSA) is 32.3 Å². The highest BCUT2D eigenvalue weighted by Crippen LogP contribution is 2.32. The number of para-hydroxylation sites is 1. The van der Waals surface area contributed by atoms with E-state index in [2.05, 4.69) is 10.2 Å². The largest absolute Gasteiger partial charge is 0.326 e. The maximum absolute atomic E-state index is 13.8. The van der Waals surface area contributed by atoms with Gasteiger partial charge in [0.2, 0.25) is 5.91 Å². The normalized spacial score (nSPS) is 19.2. The molecule has 1 heterocycles. The van der Waals surface area contributed by atoms with Gasteiger partial charge in [0.15, 0.2) is 0 Å². The first-order valence-electron chi connectivity index (χ1n) is 10.6. The van der Waals surface area contributed by atoms with Gasteiger partial charge < -0.3 is 5.32 Å². The summed E-state index contributed by atoms with van der Waals surface area (Å²) < 4.78 is 27.1. The highest BCUT2D eigenvalue weighted by atomic mass is 19.1. The molecular formula is C26H26F2N2O. The first-order chi connectivity index (χ1) is 15.0. The second-order valence-electron chi connectivity index (χ2n) is 8.31. The molecule has 0 aliphatic carbocycles. The van der Waals surface area contributed by atoms with Gasteiger partial charge in [-0.2, -0.15) is 0 Å². The molecular weight excluding hydrogens is 394 g/mol. The minimum Gasteiger partial charge on any atom is -0.326 e. The molecule has 1 saturated heterocycles. The maximum atomic E-state index is 13.8. The van der Waals surface area contributed by atoms with Crippen molar-refractivity contribution < 1.29 is 13.6 Å². The van der Waals surface area contributed by atoms with Crippen molar-refractivity contribution in [3.63, 3.8) is 0 Å². The first kappa shape index (κ1) is 21.2. The number of nitrogens with zero attached hydrogens (tertiary/aromatic N) is 1. The van der Waals surface area contributed by atoms with Crippen LogP contribution in [0, 0.1) is 24.5 Å². The molecule has 0 spiro atoms. The smallest absolute Gasteiger partial charge is 0.228 e. The third kappa shape index (κ3) is 5.36. The number of rotatable bonds is 5. The van der Waals surface area contributed by atoms with Crippen LogP contribution in [0.4, 0.5) is 14.5 Å². The van der Waals surface area contributed by atoms with Crippen molar-refractivity contribution >= 4 is 11.6 Å². The highest BCUT2D eigenvalue weighted by Gasteiger charge is 2.32. The van der Waals surface area contributed by atoms with Crippen LogP contribution in [0.15, 0.2) is 72.8 Å². The van der Waals surface area contributed by atoms with E-state index < -0.39 is 0 Å². The Balaban J connectivity index is 1.55. The van der Waals surface area contributed by atoms with Crippen LogP contribution in [0.2, 0.25) is 0 Å². The predicted molar refractivity (Wildman–Crippen MR) is 119 cm³/mol. The second-order valence-corrected chi connectivity index (χ2v) is 8.31. The standard InChI is InChI=1S/C26H26F2N2O/c1-18-13-20(9-12-25(18)28)21-14-22(26(31)29-24-5-3-2-4-6-24)17-30(16-21)15-19-7-10-23(27)11-8-19/h2-13,21-22H,14-17H2,1H3,(H,29,31). The number of hydrogen-bond donors (Lipinski definition) is 1. The van der Waals surface area contributed by atoms with E-state index >= 15 is 0 Å². The molecule has 0 saturated carbocycles. The van der Waals surface area contributed by atoms with E-state index in [0.29, 0.717) is 25.1 Å². The molecule has 0 bridgehead atoms. The van der Waals surface area contributed by atoms with Crippen LogP contribution in [-0.2, 0) is 11.3 Å². The van der Waals surface area contributed by atoms with Crippen LogP contribution in [-0.4, -0.2) is 23.9 Å². The van der Waals surface area contributed by atoms with E-state index in [4.69, 9.17) is 0 Å². The Morgan fingerprint density at radius 2 is 1.74 bits per heavy atom. The zero-order chi connectivity index (χ0) is 21.8. The molecule has 3 aromatic carbocycles. The molecule has 3 aromatic rings. The number of aryl methyl sites for hydroxylation is 1. The number of nitrogens with one attached hydrogen (secondary N) is 1. The van der Waals surface area contributed by atoms with Gasteiger partial charge >= 0.3 is 0 Å². The second kappa shape index (κ2) is 9.40. The monoisotopic (exact) mass is 420 g/mol. The zero-order valence-corrected chi connectivity index (χ0v) is 17.5. The number of amides is 1. The Labute approximate surface area is 181 Å². The SMILES string of the molecule is Cc1cc(C2CC(C(=O)Nc3ccccc3)CN(Cc3ccc(F)cc3)C2)ccc1F. The fraction of sp³-hybridized carbons (Fsp3) is 0.269. The van der Waals surface area contributed by atoms with Gasteiger partial charge in [-0.05, 0) is 66.3 Å². The summed E-state index contributed by atoms with van der Waals surface area (Å²) in [4.78, 5) is 15.3. The lowest BCUT2D eigenvalue weighted by Crippen LogP contribution is -2.43. The quantitative estimate of drug-likeness (QED) is 0.590. The molecule has 5 heteroatoms. The van der Waals surface area contributed by atoms with E-state index in [-0.39, 0.29) is 29.4 Å². The predicted octanol–water partition coefficient (Wildman–Crippen LogP) is 5.52. The molecule has 160 valence electrons. The Bertz CT molecular complexity index is 1040. The van der Waals surface area contributed by atoms with Crippen molar-refractivity contribution in [1.82, 2.24) is 4.90 Å². The van der Waals surface area contributed by atoms with Gasteiger partial charge in [0.05, 0.1) is 5.92 Å². The lowest BCUT2D eigenvalue weighted by atomic mass is 9.83. The van der Waals surface area contributed by atoms with E-state index in [1.807, 2.05) is 42.5 Å². The average molecular weight is 421 g/mol. The van der Waals surface area contributed by atoms with Gasteiger partial charge in [0, 0.05) is 25.3 Å². The molecule has 1 amide bonds. The van der Waals surface area contributed by atoms with Crippen LogP contribution in [0.25, 0.3) is 0 Å². The van der Waals surface area contributed by atoms with Crippen LogP contribution < -0.4 is 5.32 Å². The number of piperidine rings is 1. The Morgan fingerprint density at radius 3 is 2.45 bits per heavy atom. The summed E-state index contributed by atoms with van der Waals surface area (Å²) in [7, 11) is 0. The van der Waals surface area contributed by atoms with Crippen LogP contribution in [0.1, 0.15) is 29.0 Å². The Morgan fingerprint density at radius 1 is 1.00 bits per heavy atom. The summed E-state index contributed by atoms with van der Waals surface area (Å²) in [6.45, 7) is 3.77. The number of carbonyl (C=O) groups excluding carboxylic acids is 1. The van der Waals surface area contributed by atoms with Gasteiger partial charge in [0.25, 0.3) is 0 Å².